The monoisotopic (exact) mass is 286 g/mol. The van der Waals surface area contributed by atoms with E-state index < -0.39 is 0 Å². The SMILES string of the molecule is Nc1cc(Br)c(OC2CCOCC2)cc1N. The van der Waals surface area contributed by atoms with Crippen LogP contribution in [0.4, 0.5) is 11.4 Å². The Morgan fingerprint density at radius 2 is 1.81 bits per heavy atom. The smallest absolute Gasteiger partial charge is 0.136 e. The lowest BCUT2D eigenvalue weighted by atomic mass is 10.1. The summed E-state index contributed by atoms with van der Waals surface area (Å²) in [5, 5.41) is 0. The van der Waals surface area contributed by atoms with Gasteiger partial charge in [0.15, 0.2) is 0 Å². The van der Waals surface area contributed by atoms with Gasteiger partial charge in [-0.2, -0.15) is 0 Å². The highest BCUT2D eigenvalue weighted by molar-refractivity contribution is 9.10. The molecule has 1 aliphatic heterocycles. The van der Waals surface area contributed by atoms with Gasteiger partial charge in [0.25, 0.3) is 0 Å². The van der Waals surface area contributed by atoms with Crippen LogP contribution in [0.1, 0.15) is 12.8 Å². The van der Waals surface area contributed by atoms with Crippen molar-refractivity contribution in [1.29, 1.82) is 0 Å². The average Bonchev–Trinajstić information content (AvgIpc) is 2.27. The minimum Gasteiger partial charge on any atom is -0.489 e. The van der Waals surface area contributed by atoms with Crippen LogP contribution < -0.4 is 16.2 Å². The molecule has 1 aliphatic rings. The number of anilines is 2. The third-order valence-corrected chi connectivity index (χ3v) is 3.22. The fourth-order valence-electron chi connectivity index (χ4n) is 1.65. The number of hydrogen-bond acceptors (Lipinski definition) is 4. The molecule has 0 amide bonds. The van der Waals surface area contributed by atoms with Crippen LogP contribution >= 0.6 is 15.9 Å². The Hall–Kier alpha value is -0.940. The van der Waals surface area contributed by atoms with Gasteiger partial charge in [-0.3, -0.25) is 0 Å². The number of benzene rings is 1. The maximum Gasteiger partial charge on any atom is 0.136 e. The number of nitrogen functional groups attached to an aromatic ring is 2. The first-order valence-corrected chi connectivity index (χ1v) is 6.05. The zero-order valence-electron chi connectivity index (χ0n) is 8.91. The van der Waals surface area contributed by atoms with E-state index in [0.29, 0.717) is 11.4 Å². The molecule has 0 bridgehead atoms. The molecule has 1 aromatic carbocycles. The second kappa shape index (κ2) is 4.93. The van der Waals surface area contributed by atoms with Gasteiger partial charge in [-0.25, -0.2) is 0 Å². The van der Waals surface area contributed by atoms with Gasteiger partial charge < -0.3 is 20.9 Å². The molecule has 0 aliphatic carbocycles. The Morgan fingerprint density at radius 3 is 2.50 bits per heavy atom. The predicted octanol–water partition coefficient (Wildman–Crippen LogP) is 2.17. The lowest BCUT2D eigenvalue weighted by Gasteiger charge is -2.24. The van der Waals surface area contributed by atoms with Crippen LogP contribution in [0, 0.1) is 0 Å². The van der Waals surface area contributed by atoms with Crippen molar-refractivity contribution in [3.05, 3.63) is 16.6 Å². The molecule has 2 rings (SSSR count). The summed E-state index contributed by atoms with van der Waals surface area (Å²) in [7, 11) is 0. The number of rotatable bonds is 2. The Labute approximate surface area is 103 Å². The van der Waals surface area contributed by atoms with Gasteiger partial charge in [0.1, 0.15) is 11.9 Å². The summed E-state index contributed by atoms with van der Waals surface area (Å²) in [6.07, 6.45) is 2.03. The van der Waals surface area contributed by atoms with Crippen molar-refractivity contribution in [2.24, 2.45) is 0 Å². The van der Waals surface area contributed by atoms with E-state index >= 15 is 0 Å². The Balaban J connectivity index is 2.11. The van der Waals surface area contributed by atoms with Gasteiger partial charge in [-0.15, -0.1) is 0 Å². The van der Waals surface area contributed by atoms with Crippen LogP contribution in [0.2, 0.25) is 0 Å². The summed E-state index contributed by atoms with van der Waals surface area (Å²) < 4.78 is 12.0. The standard InChI is InChI=1S/C11H15BrN2O2/c12-8-5-9(13)10(14)6-11(8)16-7-1-3-15-4-2-7/h5-7H,1-4,13-14H2. The Bertz CT molecular complexity index is 378. The second-order valence-electron chi connectivity index (χ2n) is 3.84. The molecule has 1 saturated heterocycles. The number of halogens is 1. The van der Waals surface area contributed by atoms with Gasteiger partial charge in [0.05, 0.1) is 29.1 Å². The van der Waals surface area contributed by atoms with E-state index in [2.05, 4.69) is 15.9 Å². The largest absolute Gasteiger partial charge is 0.489 e. The molecular formula is C11H15BrN2O2. The summed E-state index contributed by atoms with van der Waals surface area (Å²) in [6, 6.07) is 3.53. The van der Waals surface area contributed by atoms with Gasteiger partial charge in [-0.05, 0) is 22.0 Å². The van der Waals surface area contributed by atoms with Crippen molar-refractivity contribution in [2.45, 2.75) is 18.9 Å². The first-order chi connectivity index (χ1) is 7.66. The molecule has 0 unspecified atom stereocenters. The van der Waals surface area contributed by atoms with Crippen LogP contribution in [0.5, 0.6) is 5.75 Å². The topological polar surface area (TPSA) is 70.5 Å². The minimum absolute atomic E-state index is 0.202. The van der Waals surface area contributed by atoms with E-state index in [0.717, 1.165) is 36.3 Å². The molecule has 4 nitrogen and oxygen atoms in total. The maximum atomic E-state index is 5.86. The quantitative estimate of drug-likeness (QED) is 0.818. The molecule has 4 N–H and O–H groups in total. The Morgan fingerprint density at radius 1 is 1.19 bits per heavy atom. The number of nitrogens with two attached hydrogens (primary N) is 2. The predicted molar refractivity (Wildman–Crippen MR) is 67.4 cm³/mol. The van der Waals surface area contributed by atoms with Crippen LogP contribution in [-0.2, 0) is 4.74 Å². The average molecular weight is 287 g/mol. The van der Waals surface area contributed by atoms with E-state index in [1.807, 2.05) is 0 Å². The first kappa shape index (κ1) is 11.5. The number of hydrogen-bond donors (Lipinski definition) is 2. The van der Waals surface area contributed by atoms with Gasteiger partial charge in [-0.1, -0.05) is 0 Å². The lowest BCUT2D eigenvalue weighted by molar-refractivity contribution is 0.0253. The summed E-state index contributed by atoms with van der Waals surface area (Å²) in [6.45, 7) is 1.51. The van der Waals surface area contributed by atoms with Crippen LogP contribution in [-0.4, -0.2) is 19.3 Å². The summed E-state index contributed by atoms with van der Waals surface area (Å²) in [4.78, 5) is 0. The summed E-state index contributed by atoms with van der Waals surface area (Å²) in [5.74, 6) is 0.749. The third kappa shape index (κ3) is 2.59. The molecule has 0 radical (unpaired) electrons. The van der Waals surface area contributed by atoms with Gasteiger partial charge in [0, 0.05) is 18.9 Å². The van der Waals surface area contributed by atoms with Crippen molar-refractivity contribution < 1.29 is 9.47 Å². The van der Waals surface area contributed by atoms with E-state index in [4.69, 9.17) is 20.9 Å². The van der Waals surface area contributed by atoms with Crippen molar-refractivity contribution in [2.75, 3.05) is 24.7 Å². The zero-order chi connectivity index (χ0) is 11.5. The molecular weight excluding hydrogens is 272 g/mol. The molecule has 1 fully saturated rings. The fraction of sp³-hybridized carbons (Fsp3) is 0.455. The number of ether oxygens (including phenoxy) is 2. The molecule has 88 valence electrons. The van der Waals surface area contributed by atoms with Crippen molar-refractivity contribution in [3.63, 3.8) is 0 Å². The van der Waals surface area contributed by atoms with Crippen LogP contribution in [0.25, 0.3) is 0 Å². The van der Waals surface area contributed by atoms with Gasteiger partial charge >= 0.3 is 0 Å². The first-order valence-electron chi connectivity index (χ1n) is 5.25. The molecule has 0 atom stereocenters. The van der Waals surface area contributed by atoms with E-state index in [1.165, 1.54) is 0 Å². The molecule has 0 spiro atoms. The molecule has 0 saturated carbocycles. The summed E-state index contributed by atoms with van der Waals surface area (Å²) in [5.41, 5.74) is 12.5. The second-order valence-corrected chi connectivity index (χ2v) is 4.70. The van der Waals surface area contributed by atoms with E-state index in [-0.39, 0.29) is 6.10 Å². The van der Waals surface area contributed by atoms with E-state index in [9.17, 15) is 0 Å². The highest BCUT2D eigenvalue weighted by Gasteiger charge is 2.17. The van der Waals surface area contributed by atoms with E-state index in [1.54, 1.807) is 12.1 Å². The van der Waals surface area contributed by atoms with Crippen molar-refractivity contribution >= 4 is 27.3 Å². The molecule has 5 heteroatoms. The normalized spacial score (nSPS) is 17.3. The molecule has 0 aromatic heterocycles. The summed E-state index contributed by atoms with van der Waals surface area (Å²) >= 11 is 3.42. The maximum absolute atomic E-state index is 5.86. The highest BCUT2D eigenvalue weighted by atomic mass is 79.9. The third-order valence-electron chi connectivity index (χ3n) is 2.60. The lowest BCUT2D eigenvalue weighted by Crippen LogP contribution is -2.26. The van der Waals surface area contributed by atoms with Crippen molar-refractivity contribution in [1.82, 2.24) is 0 Å². The molecule has 1 heterocycles. The zero-order valence-corrected chi connectivity index (χ0v) is 10.5. The Kier molecular flexibility index (Phi) is 3.56. The molecule has 16 heavy (non-hydrogen) atoms. The minimum atomic E-state index is 0.202. The van der Waals surface area contributed by atoms with Gasteiger partial charge in [0.2, 0.25) is 0 Å². The van der Waals surface area contributed by atoms with Crippen LogP contribution in [0.3, 0.4) is 0 Å². The molecule has 1 aromatic rings. The van der Waals surface area contributed by atoms with Crippen LogP contribution in [0.15, 0.2) is 16.6 Å². The van der Waals surface area contributed by atoms with Crippen molar-refractivity contribution in [3.8, 4) is 5.75 Å². The fourth-order valence-corrected chi connectivity index (χ4v) is 2.10. The highest BCUT2D eigenvalue weighted by Crippen LogP contribution is 2.33.